The van der Waals surface area contributed by atoms with Gasteiger partial charge in [-0.2, -0.15) is 4.31 Å². The molecule has 0 saturated carbocycles. The fourth-order valence-corrected chi connectivity index (χ4v) is 7.69. The van der Waals surface area contributed by atoms with Crippen LogP contribution in [0.1, 0.15) is 59.5 Å². The molecular weight excluding hydrogens is 460 g/mol. The molecule has 4 rings (SSSR count). The second kappa shape index (κ2) is 9.87. The van der Waals surface area contributed by atoms with E-state index >= 15 is 0 Å². The summed E-state index contributed by atoms with van der Waals surface area (Å²) in [6, 6.07) is 15.5. The van der Waals surface area contributed by atoms with E-state index in [0.29, 0.717) is 23.2 Å². The maximum absolute atomic E-state index is 12.9. The van der Waals surface area contributed by atoms with Crippen molar-refractivity contribution in [3.63, 3.8) is 0 Å². The number of thiophene rings is 2. The molecule has 5 nitrogen and oxygen atoms in total. The molecule has 0 spiro atoms. The zero-order valence-electron chi connectivity index (χ0n) is 18.3. The predicted molar refractivity (Wildman–Crippen MR) is 131 cm³/mol. The highest BCUT2D eigenvalue weighted by Gasteiger charge is 2.29. The number of hydrogen-bond donors (Lipinski definition) is 1. The van der Waals surface area contributed by atoms with Crippen LogP contribution in [0.5, 0.6) is 0 Å². The molecule has 3 aromatic rings. The summed E-state index contributed by atoms with van der Waals surface area (Å²) in [5.74, 6) is 0.326. The Balaban J connectivity index is 1.48. The number of nitrogens with one attached hydrogen (secondary N) is 1. The smallest absolute Gasteiger partial charge is 0.252 e. The first-order valence-electron chi connectivity index (χ1n) is 10.9. The molecule has 1 aliphatic rings. The van der Waals surface area contributed by atoms with E-state index in [1.807, 2.05) is 17.5 Å². The first-order valence-corrected chi connectivity index (χ1v) is 14.0. The van der Waals surface area contributed by atoms with Crippen LogP contribution >= 0.6 is 22.7 Å². The summed E-state index contributed by atoms with van der Waals surface area (Å²) < 4.78 is 27.4. The highest BCUT2D eigenvalue weighted by Crippen LogP contribution is 2.30. The van der Waals surface area contributed by atoms with E-state index in [-0.39, 0.29) is 18.4 Å². The Labute approximate surface area is 198 Å². The number of hydrogen-bond acceptors (Lipinski definition) is 5. The van der Waals surface area contributed by atoms with Crippen molar-refractivity contribution in [2.75, 3.05) is 13.1 Å². The van der Waals surface area contributed by atoms with Gasteiger partial charge in [-0.3, -0.25) is 4.79 Å². The van der Waals surface area contributed by atoms with Gasteiger partial charge in [-0.15, -0.1) is 22.7 Å². The van der Waals surface area contributed by atoms with Crippen molar-refractivity contribution < 1.29 is 13.2 Å². The number of benzene rings is 1. The average molecular weight is 489 g/mol. The van der Waals surface area contributed by atoms with Crippen LogP contribution in [-0.2, 0) is 21.2 Å². The van der Waals surface area contributed by atoms with E-state index in [2.05, 4.69) is 43.4 Å². The third-order valence-corrected chi connectivity index (χ3v) is 10.1. The van der Waals surface area contributed by atoms with Gasteiger partial charge in [0, 0.05) is 22.8 Å². The average Bonchev–Trinajstić information content (AvgIpc) is 3.55. The summed E-state index contributed by atoms with van der Waals surface area (Å²) in [5.41, 5.74) is 2.30. The molecular formula is C24H28N2O3S3. The lowest BCUT2D eigenvalue weighted by atomic mass is 9.98. The highest BCUT2D eigenvalue weighted by molar-refractivity contribution is 7.91. The second-order valence-corrected chi connectivity index (χ2v) is 12.7. The first-order chi connectivity index (χ1) is 15.3. The largest absolute Gasteiger partial charge is 0.344 e. The van der Waals surface area contributed by atoms with Crippen molar-refractivity contribution in [3.8, 4) is 0 Å². The maximum Gasteiger partial charge on any atom is 0.252 e. The lowest BCUT2D eigenvalue weighted by Crippen LogP contribution is -2.30. The summed E-state index contributed by atoms with van der Waals surface area (Å²) in [5, 5.41) is 5.16. The Hall–Kier alpha value is -2.00. The van der Waals surface area contributed by atoms with E-state index in [4.69, 9.17) is 0 Å². The molecule has 170 valence electrons. The number of rotatable bonds is 8. The van der Waals surface area contributed by atoms with E-state index in [0.717, 1.165) is 28.2 Å². The van der Waals surface area contributed by atoms with E-state index in [1.54, 1.807) is 23.5 Å². The van der Waals surface area contributed by atoms with Crippen LogP contribution in [0.25, 0.3) is 0 Å². The SMILES string of the molecule is CC(C)c1ccc(C(NC(=O)Cc2ccc(S(=O)(=O)N3CCCC3)s2)c2cccs2)cc1. The fraction of sp³-hybridized carbons (Fsp3) is 0.375. The van der Waals surface area contributed by atoms with Crippen molar-refractivity contribution >= 4 is 38.6 Å². The van der Waals surface area contributed by atoms with Gasteiger partial charge in [0.05, 0.1) is 12.5 Å². The van der Waals surface area contributed by atoms with E-state index in [9.17, 15) is 13.2 Å². The van der Waals surface area contributed by atoms with Gasteiger partial charge < -0.3 is 5.32 Å². The lowest BCUT2D eigenvalue weighted by molar-refractivity contribution is -0.120. The molecule has 1 saturated heterocycles. The van der Waals surface area contributed by atoms with E-state index < -0.39 is 10.0 Å². The third kappa shape index (κ3) is 5.14. The minimum Gasteiger partial charge on any atom is -0.344 e. The van der Waals surface area contributed by atoms with Crippen LogP contribution in [-0.4, -0.2) is 31.7 Å². The normalized spacial score (nSPS) is 15.8. The Bertz CT molecular complexity index is 1140. The van der Waals surface area contributed by atoms with Crippen molar-refractivity contribution in [3.05, 3.63) is 74.8 Å². The van der Waals surface area contributed by atoms with E-state index in [1.165, 1.54) is 21.2 Å². The van der Waals surface area contributed by atoms with Gasteiger partial charge in [0.15, 0.2) is 0 Å². The molecule has 1 aliphatic heterocycles. The monoisotopic (exact) mass is 488 g/mol. The molecule has 32 heavy (non-hydrogen) atoms. The van der Waals surface area contributed by atoms with Crippen molar-refractivity contribution in [1.29, 1.82) is 0 Å². The molecule has 1 atom stereocenters. The highest BCUT2D eigenvalue weighted by atomic mass is 32.2. The van der Waals surface area contributed by atoms with Crippen molar-refractivity contribution in [2.45, 2.75) is 49.3 Å². The van der Waals surface area contributed by atoms with Crippen LogP contribution in [0.3, 0.4) is 0 Å². The topological polar surface area (TPSA) is 66.5 Å². The molecule has 1 N–H and O–H groups in total. The Morgan fingerprint density at radius 2 is 1.72 bits per heavy atom. The summed E-state index contributed by atoms with van der Waals surface area (Å²) >= 11 is 2.80. The molecule has 1 fully saturated rings. The van der Waals surface area contributed by atoms with Crippen LogP contribution in [0, 0.1) is 0 Å². The Morgan fingerprint density at radius 1 is 1.03 bits per heavy atom. The molecule has 2 aromatic heterocycles. The molecule has 0 aliphatic carbocycles. The van der Waals surface area contributed by atoms with Crippen molar-refractivity contribution in [2.24, 2.45) is 0 Å². The number of amides is 1. The lowest BCUT2D eigenvalue weighted by Gasteiger charge is -2.19. The third-order valence-electron chi connectivity index (χ3n) is 5.70. The summed E-state index contributed by atoms with van der Waals surface area (Å²) in [6.07, 6.45) is 1.97. The zero-order valence-corrected chi connectivity index (χ0v) is 20.7. The van der Waals surface area contributed by atoms with Crippen LogP contribution < -0.4 is 5.32 Å². The predicted octanol–water partition coefficient (Wildman–Crippen LogP) is 5.17. The first kappa shape index (κ1) is 23.2. The van der Waals surface area contributed by atoms with Crippen LogP contribution in [0.4, 0.5) is 0 Å². The minimum absolute atomic E-state index is 0.122. The summed E-state index contributed by atoms with van der Waals surface area (Å²) in [6.45, 7) is 5.47. The maximum atomic E-state index is 12.9. The van der Waals surface area contributed by atoms with Crippen LogP contribution in [0.15, 0.2) is 58.1 Å². The zero-order chi connectivity index (χ0) is 22.7. The standard InChI is InChI=1S/C24H28N2O3S3/c1-17(2)18-7-9-19(10-8-18)24(21-6-5-15-30-21)25-22(27)16-20-11-12-23(31-20)32(28,29)26-13-3-4-14-26/h5-12,15,17,24H,3-4,13-14,16H2,1-2H3,(H,25,27). The molecule has 1 unspecified atom stereocenters. The van der Waals surface area contributed by atoms with Gasteiger partial charge in [-0.05, 0) is 53.5 Å². The van der Waals surface area contributed by atoms with Gasteiger partial charge in [0.1, 0.15) is 4.21 Å². The molecule has 1 amide bonds. The quantitative estimate of drug-likeness (QED) is 0.476. The van der Waals surface area contributed by atoms with Gasteiger partial charge >= 0.3 is 0 Å². The van der Waals surface area contributed by atoms with Gasteiger partial charge in [0.2, 0.25) is 5.91 Å². The molecule has 3 heterocycles. The molecule has 0 radical (unpaired) electrons. The van der Waals surface area contributed by atoms with Gasteiger partial charge in [-0.1, -0.05) is 44.2 Å². The molecule has 1 aromatic carbocycles. The van der Waals surface area contributed by atoms with Crippen LogP contribution in [0.2, 0.25) is 0 Å². The number of carbonyl (C=O) groups excluding carboxylic acids is 1. The summed E-state index contributed by atoms with van der Waals surface area (Å²) in [7, 11) is -3.44. The number of nitrogens with zero attached hydrogens (tertiary/aromatic N) is 1. The van der Waals surface area contributed by atoms with Gasteiger partial charge in [-0.25, -0.2) is 8.42 Å². The Kier molecular flexibility index (Phi) is 7.14. The van der Waals surface area contributed by atoms with Crippen molar-refractivity contribution in [1.82, 2.24) is 9.62 Å². The molecule has 8 heteroatoms. The minimum atomic E-state index is -3.44. The fourth-order valence-electron chi connectivity index (χ4n) is 3.87. The number of carbonyl (C=O) groups is 1. The Morgan fingerprint density at radius 3 is 2.34 bits per heavy atom. The number of sulfonamides is 1. The second-order valence-electron chi connectivity index (χ2n) is 8.35. The van der Waals surface area contributed by atoms with Gasteiger partial charge in [0.25, 0.3) is 10.0 Å². The summed E-state index contributed by atoms with van der Waals surface area (Å²) in [4.78, 5) is 14.7. The molecule has 0 bridgehead atoms.